The van der Waals surface area contributed by atoms with Gasteiger partial charge in [0.2, 0.25) is 0 Å². The normalized spacial score (nSPS) is 11.3. The first-order valence-electron chi connectivity index (χ1n) is 6.31. The van der Waals surface area contributed by atoms with Crippen molar-refractivity contribution in [1.82, 2.24) is 0 Å². The summed E-state index contributed by atoms with van der Waals surface area (Å²) in [6.07, 6.45) is 3.92. The van der Waals surface area contributed by atoms with Gasteiger partial charge in [0.05, 0.1) is 6.61 Å². The van der Waals surface area contributed by atoms with Crippen LogP contribution in [0.2, 0.25) is 0 Å². The molecule has 3 nitrogen and oxygen atoms in total. The number of allylic oxidation sites excluding steroid dienone is 1. The highest BCUT2D eigenvalue weighted by atomic mass is 16.5. The topological polar surface area (TPSA) is 46.5 Å². The monoisotopic (exact) mass is 248 g/mol. The van der Waals surface area contributed by atoms with Crippen LogP contribution in [-0.4, -0.2) is 24.3 Å². The van der Waals surface area contributed by atoms with Crippen LogP contribution in [0.15, 0.2) is 36.4 Å². The van der Waals surface area contributed by atoms with Gasteiger partial charge < -0.3 is 9.84 Å². The molecule has 18 heavy (non-hydrogen) atoms. The Bertz CT molecular complexity index is 382. The van der Waals surface area contributed by atoms with E-state index in [-0.39, 0.29) is 12.6 Å². The SMILES string of the molecule is CCOC(=O)/C=C(/CCCCO)c1ccccc1. The molecule has 0 aliphatic heterocycles. The molecule has 1 aromatic carbocycles. The van der Waals surface area contributed by atoms with Crippen molar-refractivity contribution in [2.75, 3.05) is 13.2 Å². The fourth-order valence-electron chi connectivity index (χ4n) is 1.71. The third-order valence-electron chi connectivity index (χ3n) is 2.58. The van der Waals surface area contributed by atoms with E-state index in [1.807, 2.05) is 30.3 Å². The lowest BCUT2D eigenvalue weighted by molar-refractivity contribution is -0.137. The second-order valence-corrected chi connectivity index (χ2v) is 3.97. The Hall–Kier alpha value is -1.61. The number of unbranched alkanes of at least 4 members (excludes halogenated alkanes) is 1. The van der Waals surface area contributed by atoms with Gasteiger partial charge in [-0.1, -0.05) is 30.3 Å². The fourth-order valence-corrected chi connectivity index (χ4v) is 1.71. The third kappa shape index (κ3) is 5.15. The Kier molecular flexibility index (Phi) is 6.81. The average molecular weight is 248 g/mol. The van der Waals surface area contributed by atoms with E-state index in [1.54, 1.807) is 13.0 Å². The van der Waals surface area contributed by atoms with Crippen LogP contribution in [-0.2, 0) is 9.53 Å². The van der Waals surface area contributed by atoms with Crippen LogP contribution in [0.4, 0.5) is 0 Å². The van der Waals surface area contributed by atoms with Gasteiger partial charge in [-0.15, -0.1) is 0 Å². The number of carbonyl (C=O) groups excluding carboxylic acids is 1. The molecular weight excluding hydrogens is 228 g/mol. The van der Waals surface area contributed by atoms with Crippen molar-refractivity contribution in [3.8, 4) is 0 Å². The second kappa shape index (κ2) is 8.48. The predicted octanol–water partition coefficient (Wildman–Crippen LogP) is 2.80. The number of aliphatic hydroxyl groups excluding tert-OH is 1. The van der Waals surface area contributed by atoms with E-state index in [0.29, 0.717) is 6.61 Å². The van der Waals surface area contributed by atoms with Gasteiger partial charge in [-0.2, -0.15) is 0 Å². The zero-order valence-electron chi connectivity index (χ0n) is 10.8. The van der Waals surface area contributed by atoms with Crippen LogP contribution in [0.5, 0.6) is 0 Å². The predicted molar refractivity (Wildman–Crippen MR) is 72.0 cm³/mol. The van der Waals surface area contributed by atoms with Gasteiger partial charge in [0, 0.05) is 12.7 Å². The standard InChI is InChI=1S/C15H20O3/c1-2-18-15(17)12-14(10-6-7-11-16)13-8-4-3-5-9-13/h3-5,8-9,12,16H,2,6-7,10-11H2,1H3/b14-12-. The Morgan fingerprint density at radius 2 is 2.00 bits per heavy atom. The summed E-state index contributed by atoms with van der Waals surface area (Å²) in [7, 11) is 0. The lowest BCUT2D eigenvalue weighted by Crippen LogP contribution is -2.01. The molecular formula is C15H20O3. The maximum atomic E-state index is 11.5. The molecule has 0 radical (unpaired) electrons. The van der Waals surface area contributed by atoms with E-state index in [4.69, 9.17) is 9.84 Å². The zero-order chi connectivity index (χ0) is 13.2. The Morgan fingerprint density at radius 1 is 1.28 bits per heavy atom. The minimum absolute atomic E-state index is 0.182. The maximum absolute atomic E-state index is 11.5. The molecule has 0 heterocycles. The van der Waals surface area contributed by atoms with Crippen LogP contribution in [0.3, 0.4) is 0 Å². The molecule has 0 saturated carbocycles. The molecule has 0 atom stereocenters. The first kappa shape index (κ1) is 14.5. The molecule has 0 aliphatic carbocycles. The molecule has 0 fully saturated rings. The minimum Gasteiger partial charge on any atom is -0.463 e. The molecule has 0 saturated heterocycles. The van der Waals surface area contributed by atoms with Crippen molar-refractivity contribution in [2.24, 2.45) is 0 Å². The van der Waals surface area contributed by atoms with Gasteiger partial charge in [-0.25, -0.2) is 4.79 Å². The molecule has 1 N–H and O–H groups in total. The molecule has 0 aliphatic rings. The summed E-state index contributed by atoms with van der Waals surface area (Å²) in [5.41, 5.74) is 1.99. The van der Waals surface area contributed by atoms with Gasteiger partial charge in [-0.05, 0) is 37.3 Å². The molecule has 0 spiro atoms. The highest BCUT2D eigenvalue weighted by Gasteiger charge is 2.05. The molecule has 0 aromatic heterocycles. The number of aliphatic hydroxyl groups is 1. The Labute approximate surface area is 108 Å². The lowest BCUT2D eigenvalue weighted by atomic mass is 10.00. The molecule has 0 unspecified atom stereocenters. The van der Waals surface area contributed by atoms with Crippen molar-refractivity contribution < 1.29 is 14.6 Å². The molecule has 0 amide bonds. The first-order valence-corrected chi connectivity index (χ1v) is 6.31. The van der Waals surface area contributed by atoms with E-state index in [9.17, 15) is 4.79 Å². The summed E-state index contributed by atoms with van der Waals surface area (Å²) >= 11 is 0. The van der Waals surface area contributed by atoms with E-state index in [1.165, 1.54) is 0 Å². The molecule has 0 bridgehead atoms. The quantitative estimate of drug-likeness (QED) is 0.458. The molecule has 1 aromatic rings. The highest BCUT2D eigenvalue weighted by molar-refractivity contribution is 5.91. The summed E-state index contributed by atoms with van der Waals surface area (Å²) in [6, 6.07) is 9.79. The third-order valence-corrected chi connectivity index (χ3v) is 2.58. The molecule has 1 rings (SSSR count). The lowest BCUT2D eigenvalue weighted by Gasteiger charge is -2.07. The smallest absolute Gasteiger partial charge is 0.331 e. The van der Waals surface area contributed by atoms with Crippen LogP contribution in [0.25, 0.3) is 5.57 Å². The first-order chi connectivity index (χ1) is 8.77. The molecule has 3 heteroatoms. The van der Waals surface area contributed by atoms with Crippen LogP contribution in [0.1, 0.15) is 31.7 Å². The number of rotatable bonds is 7. The van der Waals surface area contributed by atoms with Crippen molar-refractivity contribution in [2.45, 2.75) is 26.2 Å². The minimum atomic E-state index is -0.305. The van der Waals surface area contributed by atoms with Gasteiger partial charge in [0.15, 0.2) is 0 Å². The summed E-state index contributed by atoms with van der Waals surface area (Å²) in [5.74, 6) is -0.305. The van der Waals surface area contributed by atoms with Gasteiger partial charge in [-0.3, -0.25) is 0 Å². The van der Waals surface area contributed by atoms with Gasteiger partial charge in [0.25, 0.3) is 0 Å². The Morgan fingerprint density at radius 3 is 2.61 bits per heavy atom. The van der Waals surface area contributed by atoms with Crippen molar-refractivity contribution >= 4 is 11.5 Å². The van der Waals surface area contributed by atoms with Crippen LogP contribution in [0, 0.1) is 0 Å². The second-order valence-electron chi connectivity index (χ2n) is 3.97. The van der Waals surface area contributed by atoms with E-state index < -0.39 is 0 Å². The van der Waals surface area contributed by atoms with Gasteiger partial charge >= 0.3 is 5.97 Å². The summed E-state index contributed by atoms with van der Waals surface area (Å²) in [6.45, 7) is 2.36. The largest absolute Gasteiger partial charge is 0.463 e. The number of benzene rings is 1. The van der Waals surface area contributed by atoms with Crippen molar-refractivity contribution in [3.63, 3.8) is 0 Å². The van der Waals surface area contributed by atoms with Gasteiger partial charge in [0.1, 0.15) is 0 Å². The summed E-state index contributed by atoms with van der Waals surface area (Å²) in [5, 5.41) is 8.80. The number of carbonyl (C=O) groups is 1. The fraction of sp³-hybridized carbons (Fsp3) is 0.400. The molecule has 98 valence electrons. The van der Waals surface area contributed by atoms with Crippen LogP contribution < -0.4 is 0 Å². The van der Waals surface area contributed by atoms with Crippen LogP contribution >= 0.6 is 0 Å². The summed E-state index contributed by atoms with van der Waals surface area (Å²) < 4.78 is 4.94. The van der Waals surface area contributed by atoms with E-state index in [0.717, 1.165) is 30.4 Å². The zero-order valence-corrected chi connectivity index (χ0v) is 10.8. The highest BCUT2D eigenvalue weighted by Crippen LogP contribution is 2.20. The van der Waals surface area contributed by atoms with E-state index >= 15 is 0 Å². The summed E-state index contributed by atoms with van der Waals surface area (Å²) in [4.78, 5) is 11.5. The van der Waals surface area contributed by atoms with Crippen molar-refractivity contribution in [1.29, 1.82) is 0 Å². The number of hydrogen-bond acceptors (Lipinski definition) is 3. The Balaban J connectivity index is 2.78. The van der Waals surface area contributed by atoms with E-state index in [2.05, 4.69) is 0 Å². The maximum Gasteiger partial charge on any atom is 0.331 e. The number of hydrogen-bond donors (Lipinski definition) is 1. The number of ether oxygens (including phenoxy) is 1. The number of esters is 1. The van der Waals surface area contributed by atoms with Crippen molar-refractivity contribution in [3.05, 3.63) is 42.0 Å². The average Bonchev–Trinajstić information content (AvgIpc) is 2.39.